The minimum atomic E-state index is -0.562. The van der Waals surface area contributed by atoms with Gasteiger partial charge in [0.1, 0.15) is 22.7 Å². The van der Waals surface area contributed by atoms with Crippen LogP contribution in [0.5, 0.6) is 0 Å². The van der Waals surface area contributed by atoms with Crippen LogP contribution in [0, 0.1) is 11.6 Å². The first-order valence-corrected chi connectivity index (χ1v) is 11.1. The van der Waals surface area contributed by atoms with Crippen LogP contribution in [0.4, 0.5) is 8.78 Å². The average molecular weight is 564 g/mol. The smallest absolute Gasteiger partial charge is 0.193 e. The molecule has 31 heavy (non-hydrogen) atoms. The molecule has 1 aliphatic rings. The lowest BCUT2D eigenvalue weighted by Gasteiger charge is -2.32. The average Bonchev–Trinajstić information content (AvgIpc) is 3.38. The van der Waals surface area contributed by atoms with Crippen molar-refractivity contribution < 1.29 is 13.5 Å². The van der Waals surface area contributed by atoms with Gasteiger partial charge in [-0.3, -0.25) is 4.99 Å². The van der Waals surface area contributed by atoms with Crippen LogP contribution >= 0.6 is 35.3 Å². The molecule has 5 nitrogen and oxygen atoms in total. The largest absolute Gasteiger partial charge is 0.375 e. The first-order chi connectivity index (χ1) is 14.4. The summed E-state index contributed by atoms with van der Waals surface area (Å²) >= 11 is 1.57. The monoisotopic (exact) mass is 564 g/mol. The number of rotatable bonds is 7. The van der Waals surface area contributed by atoms with Crippen molar-refractivity contribution >= 4 is 41.3 Å². The van der Waals surface area contributed by atoms with E-state index in [1.54, 1.807) is 25.5 Å². The van der Waals surface area contributed by atoms with E-state index in [0.717, 1.165) is 36.4 Å². The molecular formula is C22H31F2IN4OS. The van der Waals surface area contributed by atoms with E-state index in [1.807, 2.05) is 24.3 Å². The van der Waals surface area contributed by atoms with Gasteiger partial charge in [0.2, 0.25) is 0 Å². The van der Waals surface area contributed by atoms with Crippen LogP contribution in [0.15, 0.2) is 28.6 Å². The molecule has 1 aromatic carbocycles. The summed E-state index contributed by atoms with van der Waals surface area (Å²) in [5.41, 5.74) is 0.569. The molecule has 0 saturated heterocycles. The molecular weight excluding hydrogens is 533 g/mol. The van der Waals surface area contributed by atoms with Crippen LogP contribution in [0.3, 0.4) is 0 Å². The summed E-state index contributed by atoms with van der Waals surface area (Å²) in [5.74, 6) is -0.263. The Labute approximate surface area is 204 Å². The zero-order valence-electron chi connectivity index (χ0n) is 18.5. The van der Waals surface area contributed by atoms with Gasteiger partial charge in [0.05, 0.1) is 12.2 Å². The number of nitrogens with one attached hydrogen (secondary N) is 1. The molecule has 1 N–H and O–H groups in total. The zero-order chi connectivity index (χ0) is 21.7. The van der Waals surface area contributed by atoms with Gasteiger partial charge in [-0.25, -0.2) is 13.8 Å². The molecule has 172 valence electrons. The maximum absolute atomic E-state index is 14.6. The second-order valence-electron chi connectivity index (χ2n) is 7.90. The molecule has 1 heterocycles. The van der Waals surface area contributed by atoms with Crippen molar-refractivity contribution in [2.24, 2.45) is 4.99 Å². The molecule has 1 unspecified atom stereocenters. The number of halogens is 3. The summed E-state index contributed by atoms with van der Waals surface area (Å²) < 4.78 is 34.5. The van der Waals surface area contributed by atoms with Gasteiger partial charge >= 0.3 is 0 Å². The number of guanidine groups is 1. The first kappa shape index (κ1) is 25.9. The third-order valence-electron chi connectivity index (χ3n) is 5.88. The number of benzene rings is 1. The van der Waals surface area contributed by atoms with E-state index in [1.165, 1.54) is 18.2 Å². The van der Waals surface area contributed by atoms with Gasteiger partial charge in [-0.15, -0.1) is 35.3 Å². The number of ether oxygens (including phenoxy) is 1. The van der Waals surface area contributed by atoms with E-state index in [2.05, 4.69) is 15.3 Å². The van der Waals surface area contributed by atoms with Crippen molar-refractivity contribution in [2.75, 3.05) is 27.7 Å². The second-order valence-corrected chi connectivity index (χ2v) is 8.79. The summed E-state index contributed by atoms with van der Waals surface area (Å²) in [6.07, 6.45) is 3.39. The number of hydrogen-bond acceptors (Lipinski definition) is 4. The highest BCUT2D eigenvalue weighted by Crippen LogP contribution is 2.42. The van der Waals surface area contributed by atoms with Gasteiger partial charge in [-0.05, 0) is 31.9 Å². The Bertz CT molecular complexity index is 866. The standard InChI is InChI=1S/C22H30F2N4OS.HI/c1-15(29-4)20-27-16(13-30-20)12-28(3)21(25-2)26-14-22(10-5-6-11-22)19-17(23)8-7-9-18(19)24;/h7-9,13,15H,5-6,10-12,14H2,1-4H3,(H,25,26);1H. The fourth-order valence-corrected chi connectivity index (χ4v) is 5.05. The van der Waals surface area contributed by atoms with E-state index in [9.17, 15) is 8.78 Å². The number of thiazole rings is 1. The molecule has 3 rings (SSSR count). The molecule has 1 fully saturated rings. The van der Waals surface area contributed by atoms with Crippen LogP contribution in [-0.4, -0.2) is 43.6 Å². The van der Waals surface area contributed by atoms with Crippen LogP contribution < -0.4 is 5.32 Å². The number of nitrogens with zero attached hydrogens (tertiary/aromatic N) is 3. The fraction of sp³-hybridized carbons (Fsp3) is 0.545. The van der Waals surface area contributed by atoms with Crippen LogP contribution in [0.2, 0.25) is 0 Å². The maximum atomic E-state index is 14.6. The Morgan fingerprint density at radius 3 is 2.55 bits per heavy atom. The lowest BCUT2D eigenvalue weighted by Crippen LogP contribution is -2.45. The first-order valence-electron chi connectivity index (χ1n) is 10.2. The van der Waals surface area contributed by atoms with Crippen molar-refractivity contribution in [1.29, 1.82) is 0 Å². The predicted octanol–water partition coefficient (Wildman–Crippen LogP) is 5.27. The maximum Gasteiger partial charge on any atom is 0.193 e. The van der Waals surface area contributed by atoms with Crippen molar-refractivity contribution in [2.45, 2.75) is 50.7 Å². The van der Waals surface area contributed by atoms with E-state index in [-0.39, 0.29) is 35.6 Å². The fourth-order valence-electron chi connectivity index (χ4n) is 4.21. The third-order valence-corrected chi connectivity index (χ3v) is 6.94. The molecule has 0 spiro atoms. The number of hydrogen-bond donors (Lipinski definition) is 1. The number of aromatic nitrogens is 1. The minimum Gasteiger partial charge on any atom is -0.375 e. The molecule has 0 radical (unpaired) electrons. The normalized spacial score (nSPS) is 16.6. The molecule has 9 heteroatoms. The van der Waals surface area contributed by atoms with Gasteiger partial charge in [0, 0.05) is 44.1 Å². The van der Waals surface area contributed by atoms with Gasteiger partial charge in [-0.1, -0.05) is 18.9 Å². The second kappa shape index (κ2) is 11.5. The summed E-state index contributed by atoms with van der Waals surface area (Å²) in [5, 5.41) is 6.31. The third kappa shape index (κ3) is 5.92. The van der Waals surface area contributed by atoms with E-state index in [0.29, 0.717) is 19.0 Å². The van der Waals surface area contributed by atoms with Crippen LogP contribution in [0.1, 0.15) is 55.0 Å². The summed E-state index contributed by atoms with van der Waals surface area (Å²) in [6.45, 7) is 2.98. The quantitative estimate of drug-likeness (QED) is 0.283. The van der Waals surface area contributed by atoms with Crippen molar-refractivity contribution in [3.05, 3.63) is 51.5 Å². The van der Waals surface area contributed by atoms with E-state index >= 15 is 0 Å². The van der Waals surface area contributed by atoms with Gasteiger partial charge in [0.25, 0.3) is 0 Å². The molecule has 1 aliphatic carbocycles. The summed E-state index contributed by atoms with van der Waals surface area (Å²) in [4.78, 5) is 11.0. The predicted molar refractivity (Wildman–Crippen MR) is 132 cm³/mol. The molecule has 0 aliphatic heterocycles. The summed E-state index contributed by atoms with van der Waals surface area (Å²) in [6, 6.07) is 4.12. The van der Waals surface area contributed by atoms with Crippen molar-refractivity contribution in [3.63, 3.8) is 0 Å². The highest BCUT2D eigenvalue weighted by molar-refractivity contribution is 14.0. The van der Waals surface area contributed by atoms with Crippen molar-refractivity contribution in [3.8, 4) is 0 Å². The van der Waals surface area contributed by atoms with Crippen LogP contribution in [-0.2, 0) is 16.7 Å². The Morgan fingerprint density at radius 1 is 1.32 bits per heavy atom. The lowest BCUT2D eigenvalue weighted by atomic mass is 9.78. The van der Waals surface area contributed by atoms with Gasteiger partial charge < -0.3 is 15.0 Å². The molecule has 0 bridgehead atoms. The van der Waals surface area contributed by atoms with E-state index in [4.69, 9.17) is 4.74 Å². The molecule has 0 amide bonds. The molecule has 2 aromatic rings. The Hall–Kier alpha value is -1.33. The Balaban J connectivity index is 0.00000341. The molecule has 1 atom stereocenters. The SMILES string of the molecule is CN=C(NCC1(c2c(F)cccc2F)CCCC1)N(C)Cc1csc(C(C)OC)n1.I. The molecule has 1 saturated carbocycles. The topological polar surface area (TPSA) is 49.8 Å². The number of aliphatic imine (C=N–C) groups is 1. The summed E-state index contributed by atoms with van der Waals surface area (Å²) in [7, 11) is 5.31. The highest BCUT2D eigenvalue weighted by atomic mass is 127. The van der Waals surface area contributed by atoms with Crippen LogP contribution in [0.25, 0.3) is 0 Å². The number of methoxy groups -OCH3 is 1. The lowest BCUT2D eigenvalue weighted by molar-refractivity contribution is 0.119. The van der Waals surface area contributed by atoms with E-state index < -0.39 is 17.0 Å². The Kier molecular flexibility index (Phi) is 9.63. The minimum absolute atomic E-state index is 0. The van der Waals surface area contributed by atoms with Gasteiger partial charge in [-0.2, -0.15) is 0 Å². The van der Waals surface area contributed by atoms with Crippen molar-refractivity contribution in [1.82, 2.24) is 15.2 Å². The molecule has 1 aromatic heterocycles. The van der Waals surface area contributed by atoms with Gasteiger partial charge in [0.15, 0.2) is 5.96 Å². The highest BCUT2D eigenvalue weighted by Gasteiger charge is 2.40. The zero-order valence-corrected chi connectivity index (χ0v) is 21.6. The Morgan fingerprint density at radius 2 is 1.97 bits per heavy atom.